The molecule has 1 saturated carbocycles. The van der Waals surface area contributed by atoms with Crippen LogP contribution >= 0.6 is 11.6 Å². The first-order valence-corrected chi connectivity index (χ1v) is 13.4. The summed E-state index contributed by atoms with van der Waals surface area (Å²) in [7, 11) is 1.52. The van der Waals surface area contributed by atoms with Gasteiger partial charge in [0.05, 0.1) is 27.3 Å². The summed E-state index contributed by atoms with van der Waals surface area (Å²) < 4.78 is 36.5. The first-order valence-electron chi connectivity index (χ1n) is 13.1. The summed E-state index contributed by atoms with van der Waals surface area (Å²) in [5.74, 6) is -3.46. The normalized spacial score (nSPS) is 15.6. The fraction of sp³-hybridized carbons (Fsp3) is 0.300. The second kappa shape index (κ2) is 11.7. The minimum absolute atomic E-state index is 0.0157. The minimum atomic E-state index is -1.14. The Morgan fingerprint density at radius 1 is 1.05 bits per heavy atom. The molecule has 0 saturated heterocycles. The van der Waals surface area contributed by atoms with Crippen LogP contribution in [0.2, 0.25) is 5.02 Å². The van der Waals surface area contributed by atoms with Crippen LogP contribution in [0.4, 0.5) is 14.5 Å². The Bertz CT molecular complexity index is 1550. The Labute approximate surface area is 234 Å². The van der Waals surface area contributed by atoms with Gasteiger partial charge in [-0.15, -0.1) is 0 Å². The van der Waals surface area contributed by atoms with Gasteiger partial charge in [-0.05, 0) is 42.5 Å². The van der Waals surface area contributed by atoms with Crippen LogP contribution < -0.4 is 5.32 Å². The predicted molar refractivity (Wildman–Crippen MR) is 148 cm³/mol. The van der Waals surface area contributed by atoms with Crippen molar-refractivity contribution in [3.8, 4) is 0 Å². The molecule has 1 amide bonds. The molecular weight excluding hydrogens is 540 g/mol. The lowest BCUT2D eigenvalue weighted by atomic mass is 9.83. The van der Waals surface area contributed by atoms with Crippen LogP contribution in [0, 0.1) is 17.6 Å². The van der Waals surface area contributed by atoms with E-state index in [0.29, 0.717) is 5.82 Å². The molecule has 1 heterocycles. The highest BCUT2D eigenvalue weighted by atomic mass is 35.5. The first kappa shape index (κ1) is 27.7. The SMILES string of the molecule is COC(c1ccccc1)c1nc2cc(F)c(F)cc2n1[C@@H](C(=O)Nc1ccc(C(=O)O)cc1Cl)C1CCCCC1. The molecule has 5 rings (SSSR count). The molecule has 1 unspecified atom stereocenters. The Morgan fingerprint density at radius 3 is 2.40 bits per heavy atom. The maximum Gasteiger partial charge on any atom is 0.335 e. The number of aromatic nitrogens is 2. The average molecular weight is 568 g/mol. The number of methoxy groups -OCH3 is 1. The van der Waals surface area contributed by atoms with Gasteiger partial charge in [-0.3, -0.25) is 4.79 Å². The van der Waals surface area contributed by atoms with Crippen LogP contribution in [-0.2, 0) is 9.53 Å². The first-order chi connectivity index (χ1) is 19.3. The van der Waals surface area contributed by atoms with Gasteiger partial charge in [-0.1, -0.05) is 61.2 Å². The van der Waals surface area contributed by atoms with Crippen LogP contribution in [-0.4, -0.2) is 33.6 Å². The number of carbonyl (C=O) groups excluding carboxylic acids is 1. The summed E-state index contributed by atoms with van der Waals surface area (Å²) in [6, 6.07) is 14.6. The second-order valence-corrected chi connectivity index (χ2v) is 10.4. The summed E-state index contributed by atoms with van der Waals surface area (Å²) in [6.07, 6.45) is 3.64. The Balaban J connectivity index is 1.68. The summed E-state index contributed by atoms with van der Waals surface area (Å²) in [5, 5.41) is 12.2. The zero-order valence-electron chi connectivity index (χ0n) is 21.7. The minimum Gasteiger partial charge on any atom is -0.478 e. The number of hydrogen-bond acceptors (Lipinski definition) is 4. The van der Waals surface area contributed by atoms with Crippen molar-refractivity contribution in [3.05, 3.63) is 94.3 Å². The number of amides is 1. The third-order valence-corrected chi connectivity index (χ3v) is 7.76. The molecule has 7 nitrogen and oxygen atoms in total. The molecule has 1 aliphatic rings. The number of carbonyl (C=O) groups is 2. The predicted octanol–water partition coefficient (Wildman–Crippen LogP) is 7.16. The number of nitrogens with zero attached hydrogens (tertiary/aromatic N) is 2. The van der Waals surface area contributed by atoms with Gasteiger partial charge in [0.15, 0.2) is 11.6 Å². The van der Waals surface area contributed by atoms with Gasteiger partial charge in [-0.2, -0.15) is 0 Å². The van der Waals surface area contributed by atoms with Gasteiger partial charge in [0, 0.05) is 19.2 Å². The number of hydrogen-bond donors (Lipinski definition) is 2. The van der Waals surface area contributed by atoms with Crippen molar-refractivity contribution in [3.63, 3.8) is 0 Å². The van der Waals surface area contributed by atoms with E-state index in [1.165, 1.54) is 25.3 Å². The Hall–Kier alpha value is -3.82. The molecular formula is C30H28ClF2N3O4. The number of anilines is 1. The van der Waals surface area contributed by atoms with Crippen molar-refractivity contribution >= 4 is 40.2 Å². The molecule has 1 fully saturated rings. The molecule has 4 aromatic rings. The molecule has 3 aromatic carbocycles. The van der Waals surface area contributed by atoms with Crippen molar-refractivity contribution in [2.24, 2.45) is 5.92 Å². The molecule has 2 atom stereocenters. The van der Waals surface area contributed by atoms with E-state index in [1.54, 1.807) is 4.57 Å². The zero-order chi connectivity index (χ0) is 28.4. The van der Waals surface area contributed by atoms with Crippen LogP contribution in [0.5, 0.6) is 0 Å². The standard InChI is InChI=1S/C30H28ClF2N3O4/c1-40-27(18-10-6-3-7-11-18)28-34-24-15-21(32)22(33)16-25(24)36(28)26(17-8-4-2-5-9-17)29(37)35-23-13-12-19(30(38)39)14-20(23)31/h3,6-7,10-17,26-27H,2,4-5,8-9H2,1H3,(H,35,37)(H,38,39)/t26-,27?/m1/s1. The van der Waals surface area contributed by atoms with E-state index in [2.05, 4.69) is 10.3 Å². The molecule has 0 spiro atoms. The van der Waals surface area contributed by atoms with Crippen molar-refractivity contribution in [1.82, 2.24) is 9.55 Å². The molecule has 1 aromatic heterocycles. The van der Waals surface area contributed by atoms with Crippen molar-refractivity contribution in [1.29, 1.82) is 0 Å². The van der Waals surface area contributed by atoms with Gasteiger partial charge >= 0.3 is 5.97 Å². The number of carboxylic acids is 1. The number of fused-ring (bicyclic) bond motifs is 1. The summed E-state index contributed by atoms with van der Waals surface area (Å²) in [5.41, 5.74) is 1.46. The molecule has 10 heteroatoms. The highest BCUT2D eigenvalue weighted by molar-refractivity contribution is 6.34. The summed E-state index contributed by atoms with van der Waals surface area (Å²) in [6.45, 7) is 0. The van der Waals surface area contributed by atoms with Gasteiger partial charge in [0.25, 0.3) is 0 Å². The van der Waals surface area contributed by atoms with Gasteiger partial charge in [0.2, 0.25) is 5.91 Å². The summed E-state index contributed by atoms with van der Waals surface area (Å²) in [4.78, 5) is 30.2. The third-order valence-electron chi connectivity index (χ3n) is 7.45. The lowest BCUT2D eigenvalue weighted by Crippen LogP contribution is -2.35. The fourth-order valence-electron chi connectivity index (χ4n) is 5.55. The van der Waals surface area contributed by atoms with E-state index in [-0.39, 0.29) is 33.2 Å². The molecule has 208 valence electrons. The quantitative estimate of drug-likeness (QED) is 0.235. The van der Waals surface area contributed by atoms with E-state index in [0.717, 1.165) is 49.8 Å². The van der Waals surface area contributed by atoms with E-state index in [9.17, 15) is 23.5 Å². The highest BCUT2D eigenvalue weighted by Gasteiger charge is 2.36. The average Bonchev–Trinajstić information content (AvgIpc) is 3.28. The van der Waals surface area contributed by atoms with Crippen LogP contribution in [0.25, 0.3) is 11.0 Å². The Morgan fingerprint density at radius 2 is 1.75 bits per heavy atom. The van der Waals surface area contributed by atoms with Crippen molar-refractivity contribution in [2.75, 3.05) is 12.4 Å². The highest BCUT2D eigenvalue weighted by Crippen LogP contribution is 2.40. The molecule has 1 aliphatic carbocycles. The van der Waals surface area contributed by atoms with E-state index in [4.69, 9.17) is 16.3 Å². The van der Waals surface area contributed by atoms with Crippen LogP contribution in [0.3, 0.4) is 0 Å². The van der Waals surface area contributed by atoms with Crippen LogP contribution in [0.1, 0.15) is 66.0 Å². The third kappa shape index (κ3) is 5.44. The molecule has 40 heavy (non-hydrogen) atoms. The maximum absolute atomic E-state index is 14.6. The largest absolute Gasteiger partial charge is 0.478 e. The van der Waals surface area contributed by atoms with E-state index >= 15 is 0 Å². The number of rotatable bonds is 8. The van der Waals surface area contributed by atoms with E-state index in [1.807, 2.05) is 30.3 Å². The summed E-state index contributed by atoms with van der Waals surface area (Å²) >= 11 is 6.34. The monoisotopic (exact) mass is 567 g/mol. The van der Waals surface area contributed by atoms with Crippen molar-refractivity contribution < 1.29 is 28.2 Å². The Kier molecular flexibility index (Phi) is 8.14. The van der Waals surface area contributed by atoms with E-state index < -0.39 is 35.7 Å². The maximum atomic E-state index is 14.6. The lowest BCUT2D eigenvalue weighted by molar-refractivity contribution is -0.121. The van der Waals surface area contributed by atoms with Crippen molar-refractivity contribution in [2.45, 2.75) is 44.2 Å². The number of benzene rings is 3. The smallest absolute Gasteiger partial charge is 0.335 e. The molecule has 0 bridgehead atoms. The molecule has 0 aliphatic heterocycles. The lowest BCUT2D eigenvalue weighted by Gasteiger charge is -2.33. The van der Waals surface area contributed by atoms with Gasteiger partial charge < -0.3 is 19.7 Å². The zero-order valence-corrected chi connectivity index (χ0v) is 22.5. The topological polar surface area (TPSA) is 93.5 Å². The van der Waals surface area contributed by atoms with Gasteiger partial charge in [0.1, 0.15) is 18.0 Å². The number of ether oxygens (including phenoxy) is 1. The van der Waals surface area contributed by atoms with Crippen LogP contribution in [0.15, 0.2) is 60.7 Å². The fourth-order valence-corrected chi connectivity index (χ4v) is 5.78. The van der Waals surface area contributed by atoms with Gasteiger partial charge in [-0.25, -0.2) is 18.6 Å². The number of halogens is 3. The second-order valence-electron chi connectivity index (χ2n) is 9.95. The number of imidazole rings is 1. The number of nitrogens with one attached hydrogen (secondary N) is 1. The number of carboxylic acid groups (broad SMARTS) is 1. The molecule has 2 N–H and O–H groups in total. The molecule has 0 radical (unpaired) electrons. The number of aromatic carboxylic acids is 1.